The molecule has 31 heavy (non-hydrogen) atoms. The molecule has 3 aromatic heterocycles. The second-order valence-electron chi connectivity index (χ2n) is 7.98. The molecule has 0 atom stereocenters. The first-order valence-electron chi connectivity index (χ1n) is 10.5. The van der Waals surface area contributed by atoms with Crippen LogP contribution in [0.5, 0.6) is 0 Å². The van der Waals surface area contributed by atoms with Crippen LogP contribution in [0.3, 0.4) is 0 Å². The summed E-state index contributed by atoms with van der Waals surface area (Å²) in [4.78, 5) is 29.9. The molecular formula is C23H24N6O2. The summed E-state index contributed by atoms with van der Waals surface area (Å²) in [6.07, 6.45) is 5.61. The van der Waals surface area contributed by atoms with E-state index in [0.29, 0.717) is 22.3 Å². The van der Waals surface area contributed by atoms with Crippen molar-refractivity contribution in [1.82, 2.24) is 29.8 Å². The van der Waals surface area contributed by atoms with Crippen LogP contribution >= 0.6 is 0 Å². The molecule has 4 heterocycles. The first-order chi connectivity index (χ1) is 15.0. The summed E-state index contributed by atoms with van der Waals surface area (Å²) in [5, 5.41) is 12.2. The van der Waals surface area contributed by atoms with Crippen LogP contribution in [0.4, 0.5) is 0 Å². The Morgan fingerprint density at radius 1 is 1.19 bits per heavy atom. The molecule has 1 saturated heterocycles. The minimum absolute atomic E-state index is 0.0376. The Balaban J connectivity index is 1.61. The molecule has 8 heteroatoms. The summed E-state index contributed by atoms with van der Waals surface area (Å²) in [7, 11) is 1.60. The van der Waals surface area contributed by atoms with Gasteiger partial charge in [0.2, 0.25) is 0 Å². The van der Waals surface area contributed by atoms with E-state index in [4.69, 9.17) is 0 Å². The Hall–Kier alpha value is -3.52. The number of nitrogens with one attached hydrogen (secondary N) is 2. The van der Waals surface area contributed by atoms with Crippen molar-refractivity contribution in [2.45, 2.75) is 25.8 Å². The number of amides is 1. The van der Waals surface area contributed by atoms with E-state index in [1.54, 1.807) is 23.8 Å². The number of carbonyl (C=O) groups excluding carboxylic acids is 1. The van der Waals surface area contributed by atoms with E-state index in [1.165, 1.54) is 0 Å². The highest BCUT2D eigenvalue weighted by atomic mass is 16.1. The van der Waals surface area contributed by atoms with Crippen molar-refractivity contribution < 1.29 is 4.79 Å². The van der Waals surface area contributed by atoms with Crippen molar-refractivity contribution in [2.75, 3.05) is 20.1 Å². The predicted octanol–water partition coefficient (Wildman–Crippen LogP) is 2.30. The van der Waals surface area contributed by atoms with Gasteiger partial charge in [-0.3, -0.25) is 9.59 Å². The van der Waals surface area contributed by atoms with Crippen LogP contribution in [0.2, 0.25) is 0 Å². The van der Waals surface area contributed by atoms with Crippen LogP contribution in [-0.4, -0.2) is 45.2 Å². The Morgan fingerprint density at radius 3 is 2.77 bits per heavy atom. The highest BCUT2D eigenvalue weighted by molar-refractivity contribution is 6.00. The maximum Gasteiger partial charge on any atom is 0.258 e. The number of pyridine rings is 1. The van der Waals surface area contributed by atoms with Gasteiger partial charge in [0.15, 0.2) is 5.65 Å². The molecule has 4 aromatic rings. The minimum Gasteiger partial charge on any atom is -0.355 e. The van der Waals surface area contributed by atoms with E-state index in [-0.39, 0.29) is 17.5 Å². The zero-order chi connectivity index (χ0) is 21.5. The van der Waals surface area contributed by atoms with E-state index in [2.05, 4.69) is 20.7 Å². The largest absolute Gasteiger partial charge is 0.355 e. The van der Waals surface area contributed by atoms with Crippen LogP contribution in [0, 0.1) is 6.92 Å². The van der Waals surface area contributed by atoms with Crippen molar-refractivity contribution >= 4 is 22.3 Å². The topological polar surface area (TPSA) is 93.3 Å². The Bertz CT molecular complexity index is 1360. The Labute approximate surface area is 178 Å². The highest BCUT2D eigenvalue weighted by Gasteiger charge is 2.18. The fraction of sp³-hybridized carbons (Fsp3) is 0.304. The van der Waals surface area contributed by atoms with E-state index in [1.807, 2.05) is 42.0 Å². The lowest BCUT2D eigenvalue weighted by Crippen LogP contribution is -2.34. The molecule has 1 aromatic carbocycles. The lowest BCUT2D eigenvalue weighted by atomic mass is 10.0. The third kappa shape index (κ3) is 3.38. The molecular weight excluding hydrogens is 392 g/mol. The van der Waals surface area contributed by atoms with Crippen molar-refractivity contribution in [1.29, 1.82) is 0 Å². The molecule has 5 rings (SSSR count). The standard InChI is InChI=1S/C23H24N6O2/c1-14-13-29-21(26-14)19(22(30)24-2)12-20(27-29)16-3-4-18-15(11-16)7-10-28(23(18)31)17-5-8-25-9-6-17/h3-4,7,10-13,17,25H,5-6,8-9H2,1-2H3,(H,24,30). The summed E-state index contributed by atoms with van der Waals surface area (Å²) in [5.74, 6) is -0.218. The third-order valence-corrected chi connectivity index (χ3v) is 5.95. The van der Waals surface area contributed by atoms with Gasteiger partial charge in [0, 0.05) is 30.2 Å². The second-order valence-corrected chi connectivity index (χ2v) is 7.98. The van der Waals surface area contributed by atoms with Crippen LogP contribution in [0.25, 0.3) is 27.7 Å². The fourth-order valence-electron chi connectivity index (χ4n) is 4.33. The number of nitrogens with zero attached hydrogens (tertiary/aromatic N) is 4. The smallest absolute Gasteiger partial charge is 0.258 e. The molecule has 0 unspecified atom stereocenters. The molecule has 0 saturated carbocycles. The Morgan fingerprint density at radius 2 is 2.00 bits per heavy atom. The molecule has 1 amide bonds. The van der Waals surface area contributed by atoms with E-state index in [0.717, 1.165) is 42.6 Å². The first-order valence-corrected chi connectivity index (χ1v) is 10.5. The molecule has 1 aliphatic heterocycles. The number of rotatable bonds is 3. The SMILES string of the molecule is CNC(=O)c1cc(-c2ccc3c(=O)n(C4CCNCC4)ccc3c2)nn2cc(C)nc12. The van der Waals surface area contributed by atoms with Gasteiger partial charge in [0.05, 0.1) is 23.1 Å². The average molecular weight is 416 g/mol. The zero-order valence-corrected chi connectivity index (χ0v) is 17.6. The number of carbonyl (C=O) groups is 1. The molecule has 158 valence electrons. The van der Waals surface area contributed by atoms with Crippen molar-refractivity contribution in [2.24, 2.45) is 0 Å². The van der Waals surface area contributed by atoms with Gasteiger partial charge < -0.3 is 15.2 Å². The minimum atomic E-state index is -0.218. The predicted molar refractivity (Wildman–Crippen MR) is 119 cm³/mol. The second kappa shape index (κ2) is 7.63. The molecule has 0 spiro atoms. The number of hydrogen-bond acceptors (Lipinski definition) is 5. The summed E-state index contributed by atoms with van der Waals surface area (Å²) in [6.45, 7) is 3.73. The third-order valence-electron chi connectivity index (χ3n) is 5.95. The quantitative estimate of drug-likeness (QED) is 0.535. The summed E-state index contributed by atoms with van der Waals surface area (Å²) in [5.41, 5.74) is 3.29. The van der Waals surface area contributed by atoms with Crippen LogP contribution < -0.4 is 16.2 Å². The maximum atomic E-state index is 13.1. The van der Waals surface area contributed by atoms with Gasteiger partial charge in [-0.2, -0.15) is 5.10 Å². The zero-order valence-electron chi connectivity index (χ0n) is 17.6. The average Bonchev–Trinajstić information content (AvgIpc) is 3.18. The molecule has 2 N–H and O–H groups in total. The molecule has 8 nitrogen and oxygen atoms in total. The maximum absolute atomic E-state index is 13.1. The van der Waals surface area contributed by atoms with Crippen molar-refractivity contribution in [3.8, 4) is 11.3 Å². The number of hydrogen-bond donors (Lipinski definition) is 2. The van der Waals surface area contributed by atoms with Gasteiger partial charge in [-0.25, -0.2) is 9.50 Å². The van der Waals surface area contributed by atoms with E-state index >= 15 is 0 Å². The number of aromatic nitrogens is 4. The number of fused-ring (bicyclic) bond motifs is 2. The summed E-state index contributed by atoms with van der Waals surface area (Å²) in [6, 6.07) is 9.67. The first kappa shape index (κ1) is 19.4. The van der Waals surface area contributed by atoms with Gasteiger partial charge in [0.1, 0.15) is 0 Å². The van der Waals surface area contributed by atoms with Gasteiger partial charge in [-0.15, -0.1) is 0 Å². The number of aryl methyl sites for hydroxylation is 1. The molecule has 0 bridgehead atoms. The van der Waals surface area contributed by atoms with Crippen molar-refractivity contribution in [3.63, 3.8) is 0 Å². The Kier molecular flexibility index (Phi) is 4.78. The summed E-state index contributed by atoms with van der Waals surface area (Å²) < 4.78 is 3.50. The molecule has 0 radical (unpaired) electrons. The number of piperidine rings is 1. The lowest BCUT2D eigenvalue weighted by molar-refractivity contribution is 0.0964. The van der Waals surface area contributed by atoms with E-state index in [9.17, 15) is 9.59 Å². The number of imidazole rings is 1. The van der Waals surface area contributed by atoms with Gasteiger partial charge in [-0.05, 0) is 62.5 Å². The van der Waals surface area contributed by atoms with Gasteiger partial charge in [0.25, 0.3) is 11.5 Å². The number of benzene rings is 1. The lowest BCUT2D eigenvalue weighted by Gasteiger charge is -2.25. The van der Waals surface area contributed by atoms with E-state index < -0.39 is 0 Å². The van der Waals surface area contributed by atoms with Gasteiger partial charge in [-0.1, -0.05) is 6.07 Å². The highest BCUT2D eigenvalue weighted by Crippen LogP contribution is 2.25. The van der Waals surface area contributed by atoms with Crippen molar-refractivity contribution in [3.05, 3.63) is 64.3 Å². The molecule has 0 aliphatic carbocycles. The molecule has 1 aliphatic rings. The monoisotopic (exact) mass is 416 g/mol. The normalized spacial score (nSPS) is 14.9. The fourth-order valence-corrected chi connectivity index (χ4v) is 4.33. The van der Waals surface area contributed by atoms with Crippen LogP contribution in [-0.2, 0) is 0 Å². The summed E-state index contributed by atoms with van der Waals surface area (Å²) >= 11 is 0. The van der Waals surface area contributed by atoms with Gasteiger partial charge >= 0.3 is 0 Å². The molecule has 1 fully saturated rings. The van der Waals surface area contributed by atoms with Crippen LogP contribution in [0.1, 0.15) is 34.9 Å². The van der Waals surface area contributed by atoms with Crippen LogP contribution in [0.15, 0.2) is 47.5 Å².